The molecule has 2 heterocycles. The molecule has 0 saturated heterocycles. The van der Waals surface area contributed by atoms with Gasteiger partial charge in [-0.3, -0.25) is 4.99 Å². The Morgan fingerprint density at radius 2 is 2.11 bits per heavy atom. The number of carbonyl (C=O) groups excluding carboxylic acids is 1. The van der Waals surface area contributed by atoms with Crippen molar-refractivity contribution >= 4 is 28.1 Å². The fraction of sp³-hybridized carbons (Fsp3) is 0.381. The van der Waals surface area contributed by atoms with Gasteiger partial charge in [-0.25, -0.2) is 4.79 Å². The predicted octanol–water partition coefficient (Wildman–Crippen LogP) is 4.05. The molecule has 0 aromatic carbocycles. The Bertz CT molecular complexity index is 900. The van der Waals surface area contributed by atoms with Crippen LogP contribution in [0.1, 0.15) is 43.2 Å². The number of nitriles is 1. The Hall–Kier alpha value is -2.85. The number of allylic oxidation sites excluding steroid dienone is 3. The van der Waals surface area contributed by atoms with Gasteiger partial charge in [0.1, 0.15) is 27.9 Å². The number of nitrogens with one attached hydrogen (secondary N) is 2. The number of anilines is 1. The van der Waals surface area contributed by atoms with Crippen LogP contribution in [0.2, 0.25) is 0 Å². The summed E-state index contributed by atoms with van der Waals surface area (Å²) in [6, 6.07) is 2.25. The maximum Gasteiger partial charge on any atom is 0.337 e. The molecule has 6 nitrogen and oxygen atoms in total. The van der Waals surface area contributed by atoms with Crippen molar-refractivity contribution in [2.24, 2.45) is 4.99 Å². The minimum absolute atomic E-state index is 0.187. The lowest BCUT2D eigenvalue weighted by molar-refractivity contribution is -0.135. The molecule has 0 spiro atoms. The molecule has 1 aliphatic heterocycles. The van der Waals surface area contributed by atoms with E-state index in [1.807, 2.05) is 39.8 Å². The van der Waals surface area contributed by atoms with E-state index in [0.29, 0.717) is 17.0 Å². The number of thiophene rings is 1. The third-order valence-electron chi connectivity index (χ3n) is 4.29. The van der Waals surface area contributed by atoms with Crippen LogP contribution in [0, 0.1) is 18.3 Å². The van der Waals surface area contributed by atoms with E-state index in [0.717, 1.165) is 34.0 Å². The first-order chi connectivity index (χ1) is 13.5. The van der Waals surface area contributed by atoms with Crippen LogP contribution >= 0.6 is 11.3 Å². The zero-order valence-corrected chi connectivity index (χ0v) is 17.7. The van der Waals surface area contributed by atoms with Crippen LogP contribution in [0.15, 0.2) is 40.4 Å². The lowest BCUT2D eigenvalue weighted by Gasteiger charge is -2.29. The number of esters is 1. The Kier molecular flexibility index (Phi) is 7.59. The summed E-state index contributed by atoms with van der Waals surface area (Å²) in [5.41, 5.74) is 3.36. The van der Waals surface area contributed by atoms with Gasteiger partial charge in [-0.15, -0.1) is 11.3 Å². The van der Waals surface area contributed by atoms with Crippen LogP contribution in [0.4, 0.5) is 5.00 Å². The Labute approximate surface area is 170 Å². The normalized spacial score (nSPS) is 18.4. The van der Waals surface area contributed by atoms with Crippen molar-refractivity contribution in [1.29, 1.82) is 5.26 Å². The van der Waals surface area contributed by atoms with E-state index in [1.165, 1.54) is 18.4 Å². The molecule has 0 aliphatic carbocycles. The van der Waals surface area contributed by atoms with Crippen molar-refractivity contribution in [3.8, 4) is 6.07 Å². The van der Waals surface area contributed by atoms with Crippen molar-refractivity contribution in [2.75, 3.05) is 19.0 Å². The first kappa shape index (κ1) is 21.5. The van der Waals surface area contributed by atoms with Gasteiger partial charge in [0.05, 0.1) is 18.2 Å². The molecule has 1 aromatic rings. The summed E-state index contributed by atoms with van der Waals surface area (Å²) in [6.45, 7) is 8.54. The minimum Gasteiger partial charge on any atom is -0.465 e. The van der Waals surface area contributed by atoms with E-state index < -0.39 is 0 Å². The zero-order chi connectivity index (χ0) is 20.7. The summed E-state index contributed by atoms with van der Waals surface area (Å²) in [4.78, 5) is 17.2. The van der Waals surface area contributed by atoms with Gasteiger partial charge >= 0.3 is 5.97 Å². The topological polar surface area (TPSA) is 86.5 Å². The van der Waals surface area contributed by atoms with Crippen LogP contribution in [0.3, 0.4) is 0 Å². The van der Waals surface area contributed by atoms with Crippen molar-refractivity contribution in [3.05, 3.63) is 51.5 Å². The van der Waals surface area contributed by atoms with E-state index in [4.69, 9.17) is 4.74 Å². The Balaban J connectivity index is 2.37. The number of nitrogens with zero attached hydrogens (tertiary/aromatic N) is 2. The van der Waals surface area contributed by atoms with Gasteiger partial charge in [0, 0.05) is 6.54 Å². The SMILES string of the molecule is CC\C=C/C(=C\C=C(/C)C1NC(=NCC)c2c(sc(C#N)c2C)N1)C(=O)OC. The van der Waals surface area contributed by atoms with Gasteiger partial charge < -0.3 is 15.4 Å². The molecular weight excluding hydrogens is 372 g/mol. The fourth-order valence-corrected chi connectivity index (χ4v) is 3.80. The van der Waals surface area contributed by atoms with Crippen LogP contribution in [-0.4, -0.2) is 31.6 Å². The third-order valence-corrected chi connectivity index (χ3v) is 5.42. The number of methoxy groups -OCH3 is 1. The van der Waals surface area contributed by atoms with Crippen LogP contribution < -0.4 is 10.6 Å². The number of ether oxygens (including phenoxy) is 1. The quantitative estimate of drug-likeness (QED) is 0.429. The average molecular weight is 399 g/mol. The fourth-order valence-electron chi connectivity index (χ4n) is 2.77. The summed E-state index contributed by atoms with van der Waals surface area (Å²) in [6.07, 6.45) is 7.97. The standard InChI is InChI=1S/C21H26N4O2S/c1-6-8-9-15(21(26)27-5)11-10-13(3)18-24-19(23-7-2)17-14(4)16(12-22)28-20(17)25-18/h8-11,18,25H,6-7H2,1-5H3,(H,23,24)/b9-8-,13-10+,15-11+. The number of rotatable bonds is 6. The zero-order valence-electron chi connectivity index (χ0n) is 16.9. The predicted molar refractivity (Wildman–Crippen MR) is 115 cm³/mol. The summed E-state index contributed by atoms with van der Waals surface area (Å²) in [5.74, 6) is 0.411. The maximum atomic E-state index is 11.9. The van der Waals surface area contributed by atoms with E-state index >= 15 is 0 Å². The molecule has 7 heteroatoms. The lowest BCUT2D eigenvalue weighted by atomic mass is 10.1. The number of hydrogen-bond acceptors (Lipinski definition) is 6. The smallest absolute Gasteiger partial charge is 0.337 e. The number of aliphatic imine (C=N–C) groups is 1. The molecule has 1 aliphatic rings. The van der Waals surface area contributed by atoms with Crippen molar-refractivity contribution in [2.45, 2.75) is 40.3 Å². The molecule has 1 unspecified atom stereocenters. The molecule has 1 aromatic heterocycles. The largest absolute Gasteiger partial charge is 0.465 e. The van der Waals surface area contributed by atoms with Crippen LogP contribution in [0.5, 0.6) is 0 Å². The molecule has 148 valence electrons. The molecule has 1 atom stereocenters. The second-order valence-electron chi connectivity index (χ2n) is 6.25. The first-order valence-corrected chi connectivity index (χ1v) is 10.0. The lowest BCUT2D eigenvalue weighted by Crippen LogP contribution is -2.46. The van der Waals surface area contributed by atoms with Gasteiger partial charge in [0.15, 0.2) is 0 Å². The highest BCUT2D eigenvalue weighted by atomic mass is 32.1. The number of fused-ring (bicyclic) bond motifs is 1. The molecule has 28 heavy (non-hydrogen) atoms. The van der Waals surface area contributed by atoms with Gasteiger partial charge in [0.25, 0.3) is 0 Å². The van der Waals surface area contributed by atoms with Gasteiger partial charge in [-0.1, -0.05) is 25.2 Å². The summed E-state index contributed by atoms with van der Waals surface area (Å²) in [5, 5.41) is 17.1. The molecule has 2 N–H and O–H groups in total. The van der Waals surface area contributed by atoms with E-state index in [2.05, 4.69) is 21.7 Å². The monoisotopic (exact) mass is 398 g/mol. The first-order valence-electron chi connectivity index (χ1n) is 9.21. The molecular formula is C21H26N4O2S. The van der Waals surface area contributed by atoms with Crippen molar-refractivity contribution in [1.82, 2.24) is 5.32 Å². The van der Waals surface area contributed by atoms with E-state index in [-0.39, 0.29) is 12.1 Å². The highest BCUT2D eigenvalue weighted by Crippen LogP contribution is 2.35. The molecule has 2 rings (SSSR count). The summed E-state index contributed by atoms with van der Waals surface area (Å²) < 4.78 is 4.84. The minimum atomic E-state index is -0.374. The van der Waals surface area contributed by atoms with Gasteiger partial charge in [-0.05, 0) is 44.4 Å². The van der Waals surface area contributed by atoms with Crippen molar-refractivity contribution < 1.29 is 9.53 Å². The maximum absolute atomic E-state index is 11.9. The Morgan fingerprint density at radius 1 is 1.36 bits per heavy atom. The Morgan fingerprint density at radius 3 is 2.71 bits per heavy atom. The molecule has 0 saturated carbocycles. The highest BCUT2D eigenvalue weighted by Gasteiger charge is 2.28. The van der Waals surface area contributed by atoms with Gasteiger partial charge in [-0.2, -0.15) is 5.26 Å². The van der Waals surface area contributed by atoms with E-state index in [9.17, 15) is 10.1 Å². The molecule has 0 fully saturated rings. The third kappa shape index (κ3) is 4.70. The van der Waals surface area contributed by atoms with Crippen molar-refractivity contribution in [3.63, 3.8) is 0 Å². The summed E-state index contributed by atoms with van der Waals surface area (Å²) in [7, 11) is 1.37. The second kappa shape index (κ2) is 9.90. The van der Waals surface area contributed by atoms with Crippen LogP contribution in [0.25, 0.3) is 0 Å². The number of hydrogen-bond donors (Lipinski definition) is 2. The molecule has 0 radical (unpaired) electrons. The molecule has 0 bridgehead atoms. The molecule has 0 amide bonds. The summed E-state index contributed by atoms with van der Waals surface area (Å²) >= 11 is 1.44. The highest BCUT2D eigenvalue weighted by molar-refractivity contribution is 7.17. The average Bonchev–Trinajstić information content (AvgIpc) is 3.03. The van der Waals surface area contributed by atoms with E-state index in [1.54, 1.807) is 12.2 Å². The second-order valence-corrected chi connectivity index (χ2v) is 7.27. The van der Waals surface area contributed by atoms with Crippen LogP contribution in [-0.2, 0) is 9.53 Å². The number of amidine groups is 1. The number of carbonyl (C=O) groups is 1. The van der Waals surface area contributed by atoms with Gasteiger partial charge in [0.2, 0.25) is 0 Å².